The van der Waals surface area contributed by atoms with Gasteiger partial charge in [0.25, 0.3) is 0 Å². The first-order valence-corrected chi connectivity index (χ1v) is 7.30. The maximum Gasteiger partial charge on any atom is 0.314 e. The highest BCUT2D eigenvalue weighted by Crippen LogP contribution is 2.12. The number of esters is 1. The number of oxime groups is 1. The van der Waals surface area contributed by atoms with Crippen LogP contribution in [-0.2, 0) is 9.53 Å². The Morgan fingerprint density at radius 1 is 1.29 bits per heavy atom. The first-order chi connectivity index (χ1) is 10.3. The van der Waals surface area contributed by atoms with Gasteiger partial charge in [0, 0.05) is 0 Å². The lowest BCUT2D eigenvalue weighted by molar-refractivity contribution is -0.145. The number of hydrogen-bond acceptors (Lipinski definition) is 5. The molecule has 1 N–H and O–H groups in total. The van der Waals surface area contributed by atoms with E-state index < -0.39 is 5.92 Å². The van der Waals surface area contributed by atoms with Gasteiger partial charge in [-0.25, -0.2) is 0 Å². The highest BCUT2D eigenvalue weighted by molar-refractivity contribution is 5.89. The molecule has 1 rings (SSSR count). The van der Waals surface area contributed by atoms with E-state index in [-0.39, 0.29) is 5.97 Å². The molecule has 0 aliphatic heterocycles. The topological polar surface area (TPSA) is 68.1 Å². The van der Waals surface area contributed by atoms with Crippen molar-refractivity contribution in [3.63, 3.8) is 0 Å². The molecule has 0 amide bonds. The molecule has 0 spiro atoms. The third-order valence-corrected chi connectivity index (χ3v) is 3.01. The molecule has 116 valence electrons. The van der Waals surface area contributed by atoms with Crippen LogP contribution in [0, 0.1) is 5.92 Å². The Kier molecular flexibility index (Phi) is 8.68. The predicted octanol–water partition coefficient (Wildman–Crippen LogP) is 3.27. The van der Waals surface area contributed by atoms with E-state index in [0.717, 1.165) is 25.0 Å². The number of hydrogen-bond donors (Lipinski definition) is 1. The Morgan fingerprint density at radius 3 is 2.71 bits per heavy atom. The van der Waals surface area contributed by atoms with Crippen LogP contribution in [0.3, 0.4) is 0 Å². The predicted molar refractivity (Wildman–Crippen MR) is 80.8 cm³/mol. The van der Waals surface area contributed by atoms with Crippen LogP contribution >= 0.6 is 0 Å². The van der Waals surface area contributed by atoms with Crippen molar-refractivity contribution in [3.05, 3.63) is 30.3 Å². The van der Waals surface area contributed by atoms with Crippen molar-refractivity contribution in [3.8, 4) is 5.75 Å². The molecule has 0 aromatic heterocycles. The van der Waals surface area contributed by atoms with Crippen molar-refractivity contribution < 1.29 is 19.5 Å². The van der Waals surface area contributed by atoms with E-state index in [4.69, 9.17) is 14.7 Å². The summed E-state index contributed by atoms with van der Waals surface area (Å²) in [4.78, 5) is 11.6. The summed E-state index contributed by atoms with van der Waals surface area (Å²) in [5.41, 5.74) is 0. The lowest BCUT2D eigenvalue weighted by Gasteiger charge is -2.10. The lowest BCUT2D eigenvalue weighted by atomic mass is 10.0. The quantitative estimate of drug-likeness (QED) is 0.236. The van der Waals surface area contributed by atoms with Gasteiger partial charge < -0.3 is 14.7 Å². The van der Waals surface area contributed by atoms with E-state index in [1.165, 1.54) is 6.21 Å². The van der Waals surface area contributed by atoms with Crippen LogP contribution in [0.2, 0.25) is 0 Å². The molecular formula is C16H23NO4. The minimum Gasteiger partial charge on any atom is -0.494 e. The fourth-order valence-corrected chi connectivity index (χ4v) is 1.93. The number of para-hydroxylation sites is 1. The fourth-order valence-electron chi connectivity index (χ4n) is 1.93. The monoisotopic (exact) mass is 293 g/mol. The second-order valence-corrected chi connectivity index (χ2v) is 4.63. The number of benzene rings is 1. The van der Waals surface area contributed by atoms with Crippen molar-refractivity contribution in [2.45, 2.75) is 32.6 Å². The molecule has 0 bridgehead atoms. The van der Waals surface area contributed by atoms with Gasteiger partial charge in [-0.15, -0.1) is 5.16 Å². The van der Waals surface area contributed by atoms with Crippen molar-refractivity contribution in [2.24, 2.45) is 11.1 Å². The molecule has 0 fully saturated rings. The Labute approximate surface area is 125 Å². The summed E-state index contributed by atoms with van der Waals surface area (Å²) in [6, 6.07) is 9.68. The van der Waals surface area contributed by atoms with Gasteiger partial charge in [0.15, 0.2) is 0 Å². The smallest absolute Gasteiger partial charge is 0.314 e. The average Bonchev–Trinajstić information content (AvgIpc) is 2.51. The van der Waals surface area contributed by atoms with Gasteiger partial charge in [-0.1, -0.05) is 31.0 Å². The number of nitrogens with zero attached hydrogens (tertiary/aromatic N) is 1. The van der Waals surface area contributed by atoms with Crippen LogP contribution in [-0.4, -0.2) is 30.6 Å². The van der Waals surface area contributed by atoms with Crippen molar-refractivity contribution in [2.75, 3.05) is 13.2 Å². The van der Waals surface area contributed by atoms with Crippen LogP contribution in [0.25, 0.3) is 0 Å². The Bertz CT molecular complexity index is 420. The SMILES string of the molecule is CCOC(=O)C(/C=N\O)CCCCCOc1ccccc1. The number of carbonyl (C=O) groups excluding carboxylic acids is 1. The molecule has 0 saturated carbocycles. The Balaban J connectivity index is 2.15. The number of ether oxygens (including phenoxy) is 2. The first kappa shape index (κ1) is 17.0. The van der Waals surface area contributed by atoms with Crippen molar-refractivity contribution >= 4 is 12.2 Å². The number of carbonyl (C=O) groups is 1. The summed E-state index contributed by atoms with van der Waals surface area (Å²) >= 11 is 0. The van der Waals surface area contributed by atoms with E-state index in [2.05, 4.69) is 5.16 Å². The number of unbranched alkanes of at least 4 members (excludes halogenated alkanes) is 2. The van der Waals surface area contributed by atoms with E-state index in [1.807, 2.05) is 30.3 Å². The summed E-state index contributed by atoms with van der Waals surface area (Å²) in [6.45, 7) is 2.74. The summed E-state index contributed by atoms with van der Waals surface area (Å²) in [7, 11) is 0. The molecule has 1 unspecified atom stereocenters. The first-order valence-electron chi connectivity index (χ1n) is 7.30. The molecule has 21 heavy (non-hydrogen) atoms. The molecule has 0 aliphatic carbocycles. The number of rotatable bonds is 10. The van der Waals surface area contributed by atoms with E-state index in [1.54, 1.807) is 6.92 Å². The zero-order valence-corrected chi connectivity index (χ0v) is 12.4. The van der Waals surface area contributed by atoms with Gasteiger partial charge in [-0.05, 0) is 31.9 Å². The fraction of sp³-hybridized carbons (Fsp3) is 0.500. The second kappa shape index (κ2) is 10.7. The molecule has 5 heteroatoms. The molecule has 5 nitrogen and oxygen atoms in total. The summed E-state index contributed by atoms with van der Waals surface area (Å²) in [5, 5.41) is 11.5. The van der Waals surface area contributed by atoms with Gasteiger partial charge in [-0.2, -0.15) is 0 Å². The maximum absolute atomic E-state index is 11.6. The zero-order chi connectivity index (χ0) is 15.3. The van der Waals surface area contributed by atoms with E-state index in [9.17, 15) is 4.79 Å². The highest BCUT2D eigenvalue weighted by atomic mass is 16.5. The molecule has 1 atom stereocenters. The van der Waals surface area contributed by atoms with Gasteiger partial charge in [0.2, 0.25) is 0 Å². The summed E-state index contributed by atoms with van der Waals surface area (Å²) < 4.78 is 10.5. The summed E-state index contributed by atoms with van der Waals surface area (Å²) in [5.74, 6) is 0.0649. The summed E-state index contributed by atoms with van der Waals surface area (Å²) in [6.07, 6.45) is 4.57. The zero-order valence-electron chi connectivity index (χ0n) is 12.4. The Hall–Kier alpha value is -2.04. The standard InChI is InChI=1S/C16H23NO4/c1-2-20-16(18)14(13-17-19)9-5-4-8-12-21-15-10-6-3-7-11-15/h3,6-7,10-11,13-14,19H,2,4-5,8-9,12H2,1H3/b17-13-. The van der Waals surface area contributed by atoms with E-state index in [0.29, 0.717) is 19.6 Å². The Morgan fingerprint density at radius 2 is 2.05 bits per heavy atom. The van der Waals surface area contributed by atoms with E-state index >= 15 is 0 Å². The van der Waals surface area contributed by atoms with Gasteiger partial charge >= 0.3 is 5.97 Å². The molecule has 0 radical (unpaired) electrons. The highest BCUT2D eigenvalue weighted by Gasteiger charge is 2.17. The molecule has 1 aromatic carbocycles. The maximum atomic E-state index is 11.6. The van der Waals surface area contributed by atoms with Crippen LogP contribution in [0.4, 0.5) is 0 Å². The molecule has 0 heterocycles. The van der Waals surface area contributed by atoms with Crippen LogP contribution in [0.15, 0.2) is 35.5 Å². The third-order valence-electron chi connectivity index (χ3n) is 3.01. The third kappa shape index (κ3) is 7.34. The van der Waals surface area contributed by atoms with Gasteiger partial charge in [0.05, 0.1) is 25.3 Å². The lowest BCUT2D eigenvalue weighted by Crippen LogP contribution is -2.19. The van der Waals surface area contributed by atoms with Crippen LogP contribution in [0.1, 0.15) is 32.6 Å². The van der Waals surface area contributed by atoms with Crippen LogP contribution in [0.5, 0.6) is 5.75 Å². The minimum atomic E-state index is -0.468. The normalized spacial score (nSPS) is 12.2. The van der Waals surface area contributed by atoms with Crippen LogP contribution < -0.4 is 4.74 Å². The van der Waals surface area contributed by atoms with Crippen molar-refractivity contribution in [1.82, 2.24) is 0 Å². The minimum absolute atomic E-state index is 0.333. The van der Waals surface area contributed by atoms with Gasteiger partial charge in [-0.3, -0.25) is 4.79 Å². The van der Waals surface area contributed by atoms with Gasteiger partial charge in [0.1, 0.15) is 5.75 Å². The van der Waals surface area contributed by atoms with Crippen molar-refractivity contribution in [1.29, 1.82) is 0 Å². The average molecular weight is 293 g/mol. The molecular weight excluding hydrogens is 270 g/mol. The molecule has 1 aromatic rings. The molecule has 0 aliphatic rings. The molecule has 0 saturated heterocycles. The largest absolute Gasteiger partial charge is 0.494 e. The second-order valence-electron chi connectivity index (χ2n) is 4.63.